The van der Waals surface area contributed by atoms with Crippen LogP contribution in [-0.4, -0.2) is 22.4 Å². The van der Waals surface area contributed by atoms with Crippen LogP contribution in [0.5, 0.6) is 0 Å². The van der Waals surface area contributed by atoms with E-state index in [4.69, 9.17) is 5.73 Å². The van der Waals surface area contributed by atoms with Crippen LogP contribution in [0.15, 0.2) is 65.4 Å². The highest BCUT2D eigenvalue weighted by Crippen LogP contribution is 2.42. The van der Waals surface area contributed by atoms with Gasteiger partial charge in [-0.15, -0.1) is 0 Å². The highest BCUT2D eigenvalue weighted by Gasteiger charge is 2.57. The number of nitrogens with two attached hydrogens (primary N) is 1. The molecule has 124 valence electrons. The first-order valence-electron chi connectivity index (χ1n) is 7.43. The Balaban J connectivity index is 2.20. The number of aromatic nitrogens is 1. The van der Waals surface area contributed by atoms with E-state index in [1.165, 1.54) is 0 Å². The van der Waals surface area contributed by atoms with E-state index in [0.29, 0.717) is 22.4 Å². The van der Waals surface area contributed by atoms with Gasteiger partial charge in [-0.3, -0.25) is 4.98 Å². The van der Waals surface area contributed by atoms with Gasteiger partial charge in [0.05, 0.1) is 11.4 Å². The molecule has 0 radical (unpaired) electrons. The summed E-state index contributed by atoms with van der Waals surface area (Å²) in [6.45, 7) is 1.63. The number of hydrogen-bond acceptors (Lipinski definition) is 3. The van der Waals surface area contributed by atoms with Crippen LogP contribution in [0.4, 0.5) is 13.2 Å². The molecule has 0 fully saturated rings. The molecule has 0 spiro atoms. The Labute approximate surface area is 137 Å². The third-order valence-electron chi connectivity index (χ3n) is 4.08. The average molecular weight is 331 g/mol. The van der Waals surface area contributed by atoms with Crippen LogP contribution in [0.25, 0.3) is 5.70 Å². The lowest BCUT2D eigenvalue weighted by atomic mass is 9.80. The maximum atomic E-state index is 13.7. The molecule has 2 heterocycles. The molecule has 1 aliphatic heterocycles. The molecule has 0 amide bonds. The number of alkyl halides is 3. The zero-order chi connectivity index (χ0) is 17.4. The highest BCUT2D eigenvalue weighted by atomic mass is 19.4. The molecule has 0 aliphatic carbocycles. The van der Waals surface area contributed by atoms with Crippen molar-refractivity contribution in [3.63, 3.8) is 0 Å². The SMILES string of the molecule is CC1=C(c2cccnc2)N=C(c2ccccc2)C(N)(C(F)(F)F)C1. The number of halogens is 3. The molecule has 0 saturated carbocycles. The lowest BCUT2D eigenvalue weighted by molar-refractivity contribution is -0.165. The molecule has 1 aromatic heterocycles. The van der Waals surface area contributed by atoms with E-state index in [9.17, 15) is 13.2 Å². The lowest BCUT2D eigenvalue weighted by Crippen LogP contribution is -2.60. The van der Waals surface area contributed by atoms with Gasteiger partial charge >= 0.3 is 6.18 Å². The summed E-state index contributed by atoms with van der Waals surface area (Å²) in [6, 6.07) is 11.8. The zero-order valence-corrected chi connectivity index (χ0v) is 13.0. The molecule has 1 atom stereocenters. The predicted octanol–water partition coefficient (Wildman–Crippen LogP) is 3.97. The van der Waals surface area contributed by atoms with Gasteiger partial charge in [-0.1, -0.05) is 30.3 Å². The van der Waals surface area contributed by atoms with E-state index in [0.717, 1.165) is 0 Å². The van der Waals surface area contributed by atoms with Crippen LogP contribution in [-0.2, 0) is 0 Å². The average Bonchev–Trinajstić information content (AvgIpc) is 2.55. The monoisotopic (exact) mass is 331 g/mol. The van der Waals surface area contributed by atoms with Crippen molar-refractivity contribution in [1.29, 1.82) is 0 Å². The van der Waals surface area contributed by atoms with Crippen molar-refractivity contribution >= 4 is 11.4 Å². The van der Waals surface area contributed by atoms with E-state index in [-0.39, 0.29) is 12.1 Å². The minimum atomic E-state index is -4.61. The molecule has 2 N–H and O–H groups in total. The first kappa shape index (κ1) is 16.4. The Kier molecular flexibility index (Phi) is 4.01. The van der Waals surface area contributed by atoms with Gasteiger partial charge in [0.25, 0.3) is 0 Å². The molecular formula is C18H16F3N3. The minimum Gasteiger partial charge on any atom is -0.312 e. The van der Waals surface area contributed by atoms with Crippen molar-refractivity contribution in [3.8, 4) is 0 Å². The van der Waals surface area contributed by atoms with Crippen LogP contribution in [0.3, 0.4) is 0 Å². The minimum absolute atomic E-state index is 0.167. The second-order valence-corrected chi connectivity index (χ2v) is 5.84. The fraction of sp³-hybridized carbons (Fsp3) is 0.222. The first-order valence-corrected chi connectivity index (χ1v) is 7.43. The number of hydrogen-bond donors (Lipinski definition) is 1. The number of aliphatic imine (C=N–C) groups is 1. The molecule has 6 heteroatoms. The van der Waals surface area contributed by atoms with E-state index in [1.54, 1.807) is 61.8 Å². The van der Waals surface area contributed by atoms with Crippen LogP contribution >= 0.6 is 0 Å². The second-order valence-electron chi connectivity index (χ2n) is 5.84. The van der Waals surface area contributed by atoms with Crippen LogP contribution in [0, 0.1) is 0 Å². The van der Waals surface area contributed by atoms with Gasteiger partial charge in [-0.2, -0.15) is 13.2 Å². The topological polar surface area (TPSA) is 51.3 Å². The lowest BCUT2D eigenvalue weighted by Gasteiger charge is -2.37. The van der Waals surface area contributed by atoms with Gasteiger partial charge in [0.2, 0.25) is 0 Å². The summed E-state index contributed by atoms with van der Waals surface area (Å²) in [5.41, 5.74) is 5.18. The van der Waals surface area contributed by atoms with Gasteiger partial charge in [0.15, 0.2) is 5.54 Å². The maximum Gasteiger partial charge on any atom is 0.412 e. The Morgan fingerprint density at radius 1 is 1.04 bits per heavy atom. The number of pyridine rings is 1. The maximum absolute atomic E-state index is 13.7. The summed E-state index contributed by atoms with van der Waals surface area (Å²) in [5.74, 6) is 0. The molecule has 24 heavy (non-hydrogen) atoms. The largest absolute Gasteiger partial charge is 0.412 e. The second kappa shape index (κ2) is 5.87. The number of benzene rings is 1. The predicted molar refractivity (Wildman–Crippen MR) is 87.4 cm³/mol. The summed E-state index contributed by atoms with van der Waals surface area (Å²) in [5, 5.41) is 0. The van der Waals surface area contributed by atoms with Gasteiger partial charge in [-0.25, -0.2) is 4.99 Å². The van der Waals surface area contributed by atoms with Crippen molar-refractivity contribution < 1.29 is 13.2 Å². The molecular weight excluding hydrogens is 315 g/mol. The van der Waals surface area contributed by atoms with Crippen molar-refractivity contribution in [2.75, 3.05) is 0 Å². The molecule has 2 aromatic rings. The summed E-state index contributed by atoms with van der Waals surface area (Å²) in [7, 11) is 0. The molecule has 3 rings (SSSR count). The van der Waals surface area contributed by atoms with Crippen LogP contribution in [0.1, 0.15) is 24.5 Å². The van der Waals surface area contributed by atoms with Gasteiger partial charge in [-0.05, 0) is 30.2 Å². The third-order valence-corrected chi connectivity index (χ3v) is 4.08. The third kappa shape index (κ3) is 2.73. The number of rotatable bonds is 2. The molecule has 3 nitrogen and oxygen atoms in total. The first-order chi connectivity index (χ1) is 11.3. The van der Waals surface area contributed by atoms with Crippen LogP contribution in [0.2, 0.25) is 0 Å². The van der Waals surface area contributed by atoms with Crippen molar-refractivity contribution in [2.24, 2.45) is 10.7 Å². The van der Waals surface area contributed by atoms with Crippen molar-refractivity contribution in [3.05, 3.63) is 71.6 Å². The van der Waals surface area contributed by atoms with E-state index >= 15 is 0 Å². The highest BCUT2D eigenvalue weighted by molar-refractivity contribution is 6.11. The fourth-order valence-electron chi connectivity index (χ4n) is 2.86. The number of nitrogens with zero attached hydrogens (tertiary/aromatic N) is 2. The molecule has 0 saturated heterocycles. The standard InChI is InChI=1S/C18H16F3N3/c1-12-10-17(22,18(19,20)21)16(13-6-3-2-4-7-13)24-15(12)14-8-5-9-23-11-14/h2-9,11H,10,22H2,1H3. The van der Waals surface area contributed by atoms with Crippen molar-refractivity contribution in [1.82, 2.24) is 4.98 Å². The summed E-state index contributed by atoms with van der Waals surface area (Å²) in [6.07, 6.45) is -1.76. The Morgan fingerprint density at radius 2 is 1.71 bits per heavy atom. The normalized spacial score (nSPS) is 21.6. The molecule has 1 aromatic carbocycles. The summed E-state index contributed by atoms with van der Waals surface area (Å²) < 4.78 is 41.2. The van der Waals surface area contributed by atoms with Gasteiger partial charge < -0.3 is 5.73 Å². The molecule has 1 aliphatic rings. The van der Waals surface area contributed by atoms with Gasteiger partial charge in [0, 0.05) is 24.4 Å². The zero-order valence-electron chi connectivity index (χ0n) is 13.0. The van der Waals surface area contributed by atoms with E-state index < -0.39 is 11.7 Å². The smallest absolute Gasteiger partial charge is 0.312 e. The Morgan fingerprint density at radius 3 is 2.29 bits per heavy atom. The van der Waals surface area contributed by atoms with Crippen molar-refractivity contribution in [2.45, 2.75) is 25.1 Å². The van der Waals surface area contributed by atoms with Crippen LogP contribution < -0.4 is 5.73 Å². The quantitative estimate of drug-likeness (QED) is 0.905. The molecule has 1 unspecified atom stereocenters. The van der Waals surface area contributed by atoms with E-state index in [1.807, 2.05) is 0 Å². The molecule has 0 bridgehead atoms. The Hall–Kier alpha value is -2.47. The Bertz CT molecular complexity index is 795. The fourth-order valence-corrected chi connectivity index (χ4v) is 2.86. The van der Waals surface area contributed by atoms with Gasteiger partial charge in [0.1, 0.15) is 0 Å². The van der Waals surface area contributed by atoms with E-state index in [2.05, 4.69) is 9.98 Å². The summed E-state index contributed by atoms with van der Waals surface area (Å²) in [4.78, 5) is 8.35. The summed E-state index contributed by atoms with van der Waals surface area (Å²) >= 11 is 0.